The Hall–Kier alpha value is 0.683. The van der Waals surface area contributed by atoms with E-state index in [9.17, 15) is 0 Å². The first-order valence-corrected chi connectivity index (χ1v) is 7.21. The van der Waals surface area contributed by atoms with Crippen LogP contribution >= 0.6 is 0 Å². The van der Waals surface area contributed by atoms with E-state index in [1.807, 2.05) is 0 Å². The van der Waals surface area contributed by atoms with Crippen LogP contribution in [0.3, 0.4) is 0 Å². The molecule has 0 unspecified atom stereocenters. The third-order valence-corrected chi connectivity index (χ3v) is 0. The summed E-state index contributed by atoms with van der Waals surface area (Å²) in [5.41, 5.74) is 0. The van der Waals surface area contributed by atoms with Crippen LogP contribution in [0.5, 0.6) is 0 Å². The molecule has 0 aliphatic rings. The summed E-state index contributed by atoms with van der Waals surface area (Å²) in [6.07, 6.45) is 0. The zero-order chi connectivity index (χ0) is 16.3. The van der Waals surface area contributed by atoms with E-state index in [4.69, 9.17) is 2.81 Å². The normalized spacial score (nSPS) is 8.17. The van der Waals surface area contributed by atoms with Crippen LogP contribution in [0.2, 0.25) is 0 Å². The van der Waals surface area contributed by atoms with Crippen molar-refractivity contribution in [3.8, 4) is 0 Å². The average Bonchev–Trinajstić information content (AvgIpc) is 2.01. The molecule has 0 aromatic rings. The van der Waals surface area contributed by atoms with Gasteiger partial charge in [0.1, 0.15) is 0 Å². The van der Waals surface area contributed by atoms with Crippen molar-refractivity contribution in [1.29, 1.82) is 0 Å². The Morgan fingerprint density at radius 2 is 0.389 bits per heavy atom. The summed E-state index contributed by atoms with van der Waals surface area (Å²) in [6.45, 7) is 25.0. The average molecular weight is 336 g/mol. The van der Waals surface area contributed by atoms with Crippen molar-refractivity contribution in [1.82, 2.24) is 0 Å². The van der Waals surface area contributed by atoms with Gasteiger partial charge in [0.15, 0.2) is 0 Å². The van der Waals surface area contributed by atoms with Crippen LogP contribution in [0.1, 0.15) is 83.1 Å². The molecule has 114 valence electrons. The molecule has 2 heteroatoms. The molecule has 0 aromatic heterocycles. The van der Waals surface area contributed by atoms with Gasteiger partial charge in [-0.2, -0.15) is 83.1 Å². The van der Waals surface area contributed by atoms with E-state index < -0.39 is 0 Å². The molecular formula is C16H36OZr-4. The molecule has 0 fully saturated rings. The molecule has 0 rings (SSSR count). The quantitative estimate of drug-likeness (QED) is 0.471. The summed E-state index contributed by atoms with van der Waals surface area (Å²) < 4.78 is 8.34. The van der Waals surface area contributed by atoms with Crippen LogP contribution < -0.4 is 0 Å². The molecule has 0 aromatic carbocycles. The first-order valence-electron chi connectivity index (χ1n) is 6.20. The predicted molar refractivity (Wildman–Crippen MR) is 81.7 cm³/mol. The summed E-state index contributed by atoms with van der Waals surface area (Å²) in [6, 6.07) is 0. The molecule has 0 aliphatic heterocycles. The first-order chi connectivity index (χ1) is 7.93. The third kappa shape index (κ3) is 8790. The van der Waals surface area contributed by atoms with Crippen LogP contribution in [0.15, 0.2) is 0 Å². The van der Waals surface area contributed by atoms with Crippen LogP contribution in [0.4, 0.5) is 0 Å². The van der Waals surface area contributed by atoms with Gasteiger partial charge in [0.2, 0.25) is 0 Å². The first kappa shape index (κ1) is 31.2. The fraction of sp³-hybridized carbons (Fsp3) is 0.750. The Bertz CT molecular complexity index is 64.3. The Balaban J connectivity index is -0.0000000399. The van der Waals surface area contributed by atoms with E-state index in [2.05, 4.69) is 83.1 Å². The summed E-state index contributed by atoms with van der Waals surface area (Å²) in [4.78, 5) is 0. The van der Waals surface area contributed by atoms with Gasteiger partial charge in [-0.3, -0.25) is 0 Å². The van der Waals surface area contributed by atoms with Gasteiger partial charge >= 0.3 is 27.5 Å². The second-order valence-corrected chi connectivity index (χ2v) is 6.00. The zero-order valence-electron chi connectivity index (χ0n) is 14.9. The molecule has 1 nitrogen and oxygen atoms in total. The van der Waals surface area contributed by atoms with Gasteiger partial charge in [-0.15, -0.1) is 0 Å². The van der Waals surface area contributed by atoms with Crippen molar-refractivity contribution in [2.24, 2.45) is 0 Å². The van der Waals surface area contributed by atoms with Gasteiger partial charge in [-0.1, -0.05) is 0 Å². The topological polar surface area (TPSA) is 17.1 Å². The van der Waals surface area contributed by atoms with Crippen molar-refractivity contribution in [3.05, 3.63) is 23.7 Å². The van der Waals surface area contributed by atoms with E-state index in [-0.39, 0.29) is 0 Å². The van der Waals surface area contributed by atoms with Crippen molar-refractivity contribution in [3.63, 3.8) is 0 Å². The Morgan fingerprint density at radius 3 is 0.389 bits per heavy atom. The van der Waals surface area contributed by atoms with E-state index in [0.717, 1.165) is 0 Å². The van der Waals surface area contributed by atoms with Crippen LogP contribution in [0.25, 0.3) is 0 Å². The second-order valence-electron chi connectivity index (χ2n) is 6.00. The van der Waals surface area contributed by atoms with Gasteiger partial charge in [0.05, 0.1) is 0 Å². The van der Waals surface area contributed by atoms with E-state index in [1.54, 1.807) is 0 Å². The fourth-order valence-corrected chi connectivity index (χ4v) is 0. The third-order valence-electron chi connectivity index (χ3n) is 0. The predicted octanol–water partition coefficient (Wildman–Crippen LogP) is 6.36. The van der Waals surface area contributed by atoms with Gasteiger partial charge in [-0.25, -0.2) is 0 Å². The van der Waals surface area contributed by atoms with Crippen molar-refractivity contribution in [2.75, 3.05) is 0 Å². The van der Waals surface area contributed by atoms with Crippen LogP contribution in [-0.4, -0.2) is 0 Å². The van der Waals surface area contributed by atoms with Crippen molar-refractivity contribution in [2.45, 2.75) is 83.1 Å². The molecule has 0 bridgehead atoms. The molecule has 0 saturated carbocycles. The van der Waals surface area contributed by atoms with Crippen LogP contribution in [-0.2, 0) is 27.5 Å². The Labute approximate surface area is 134 Å². The van der Waals surface area contributed by atoms with Gasteiger partial charge in [0, 0.05) is 0 Å². The monoisotopic (exact) mass is 334 g/mol. The molecule has 0 N–H and O–H groups in total. The van der Waals surface area contributed by atoms with E-state index in [1.165, 1.54) is 23.7 Å². The number of hydrogen-bond acceptors (Lipinski definition) is 1. The molecule has 0 heterocycles. The molecule has 18 heavy (non-hydrogen) atoms. The number of hydrogen-bond donors (Lipinski definition) is 0. The maximum absolute atomic E-state index is 8.34. The molecule has 0 amide bonds. The summed E-state index contributed by atoms with van der Waals surface area (Å²) in [7, 11) is 0. The second kappa shape index (κ2) is 30.6. The molecule has 0 radical (unpaired) electrons. The SMILES string of the molecule is C[C-](C)C.C[C-](C)C.C[C-](C)C.C[C-](C)C.[O]=[Zr]. The number of rotatable bonds is 0. The zero-order valence-corrected chi connectivity index (χ0v) is 17.4. The standard InChI is InChI=1S/4C4H9.O.Zr/c4*1-4(2)3;;/h4*1-3H3;;/q4*-1;;. The Kier molecular flexibility index (Phi) is 53.0. The summed E-state index contributed by atoms with van der Waals surface area (Å²) >= 11 is 0.300. The molecular weight excluding hydrogens is 299 g/mol. The molecule has 0 aliphatic carbocycles. The minimum absolute atomic E-state index is 0.300. The molecule has 0 spiro atoms. The molecule has 0 saturated heterocycles. The molecule has 0 atom stereocenters. The minimum atomic E-state index is 0.300. The Morgan fingerprint density at radius 1 is 0.389 bits per heavy atom. The van der Waals surface area contributed by atoms with Crippen LogP contribution in [0, 0.1) is 23.7 Å². The van der Waals surface area contributed by atoms with E-state index >= 15 is 0 Å². The van der Waals surface area contributed by atoms with Gasteiger partial charge in [0.25, 0.3) is 0 Å². The maximum atomic E-state index is 8.34. The summed E-state index contributed by atoms with van der Waals surface area (Å²) in [5.74, 6) is 5.67. The summed E-state index contributed by atoms with van der Waals surface area (Å²) in [5, 5.41) is 0. The van der Waals surface area contributed by atoms with Gasteiger partial charge in [-0.05, 0) is 0 Å². The fourth-order valence-electron chi connectivity index (χ4n) is 0. The van der Waals surface area contributed by atoms with Gasteiger partial charge < -0.3 is 23.7 Å². The van der Waals surface area contributed by atoms with Crippen molar-refractivity contribution >= 4 is 0 Å². The van der Waals surface area contributed by atoms with Crippen molar-refractivity contribution < 1.29 is 27.5 Å². The van der Waals surface area contributed by atoms with E-state index in [0.29, 0.717) is 24.7 Å².